The number of hydrogen-bond donors (Lipinski definition) is 0. The van der Waals surface area contributed by atoms with Crippen LogP contribution in [-0.4, -0.2) is 0 Å². The maximum Gasteiger partial charge on any atom is 0.171 e. The number of benzene rings is 1. The third-order valence-electron chi connectivity index (χ3n) is 2.19. The monoisotopic (exact) mass is 339 g/mol. The average Bonchev–Trinajstić information content (AvgIpc) is 2.70. The van der Waals surface area contributed by atoms with E-state index in [0.717, 1.165) is 10.9 Å². The van der Waals surface area contributed by atoms with Gasteiger partial charge in [-0.3, -0.25) is 0 Å². The number of nitriles is 1. The van der Waals surface area contributed by atoms with Crippen LogP contribution in [0.15, 0.2) is 39.4 Å². The number of halogens is 2. The average molecular weight is 341 g/mol. The van der Waals surface area contributed by atoms with E-state index in [1.807, 2.05) is 24.3 Å². The van der Waals surface area contributed by atoms with E-state index in [-0.39, 0.29) is 0 Å². The Hall–Kier alpha value is -1.05. The summed E-state index contributed by atoms with van der Waals surface area (Å²) in [5.41, 5.74) is 2.64. The molecule has 0 aliphatic heterocycles. The van der Waals surface area contributed by atoms with Crippen LogP contribution in [0.3, 0.4) is 0 Å². The molecule has 2 aromatic rings. The fraction of sp³-hybridized carbons (Fsp3) is 0.0833. The Bertz CT molecular complexity index is 537. The normalized spacial score (nSPS) is 10.1. The molecule has 0 bridgehead atoms. The summed E-state index contributed by atoms with van der Waals surface area (Å²) in [4.78, 5) is 0. The van der Waals surface area contributed by atoms with Crippen molar-refractivity contribution in [2.45, 2.75) is 5.33 Å². The van der Waals surface area contributed by atoms with Crippen molar-refractivity contribution in [2.75, 3.05) is 0 Å². The van der Waals surface area contributed by atoms with Crippen molar-refractivity contribution in [1.82, 2.24) is 0 Å². The molecule has 0 saturated carbocycles. The standard InChI is InChI=1S/C12H7Br2NO/c13-6-8-1-3-9(4-2-8)12-10(7-15)5-11(14)16-12/h1-5H,6H2. The zero-order valence-corrected chi connectivity index (χ0v) is 11.4. The zero-order chi connectivity index (χ0) is 11.5. The minimum Gasteiger partial charge on any atom is -0.448 e. The maximum atomic E-state index is 8.96. The molecule has 80 valence electrons. The van der Waals surface area contributed by atoms with E-state index in [0.29, 0.717) is 16.0 Å². The van der Waals surface area contributed by atoms with E-state index < -0.39 is 0 Å². The first-order valence-electron chi connectivity index (χ1n) is 4.59. The van der Waals surface area contributed by atoms with E-state index in [9.17, 15) is 0 Å². The fourth-order valence-corrected chi connectivity index (χ4v) is 2.17. The van der Waals surface area contributed by atoms with Crippen molar-refractivity contribution in [2.24, 2.45) is 0 Å². The lowest BCUT2D eigenvalue weighted by Crippen LogP contribution is -1.80. The molecule has 1 aromatic heterocycles. The van der Waals surface area contributed by atoms with Crippen LogP contribution in [-0.2, 0) is 5.33 Å². The highest BCUT2D eigenvalue weighted by atomic mass is 79.9. The molecule has 0 radical (unpaired) electrons. The third-order valence-corrected chi connectivity index (χ3v) is 3.23. The van der Waals surface area contributed by atoms with Gasteiger partial charge in [0.2, 0.25) is 0 Å². The molecule has 4 heteroatoms. The number of furan rings is 1. The molecule has 0 fully saturated rings. The quantitative estimate of drug-likeness (QED) is 0.756. The minimum atomic E-state index is 0.540. The summed E-state index contributed by atoms with van der Waals surface area (Å²) in [7, 11) is 0. The van der Waals surface area contributed by atoms with Gasteiger partial charge in [-0.1, -0.05) is 40.2 Å². The molecule has 0 amide bonds. The first-order valence-corrected chi connectivity index (χ1v) is 6.50. The van der Waals surface area contributed by atoms with Gasteiger partial charge < -0.3 is 4.42 Å². The van der Waals surface area contributed by atoms with Crippen LogP contribution in [0.1, 0.15) is 11.1 Å². The van der Waals surface area contributed by atoms with Crippen LogP contribution in [0.5, 0.6) is 0 Å². The van der Waals surface area contributed by atoms with Gasteiger partial charge in [0.05, 0.1) is 5.56 Å². The summed E-state index contributed by atoms with van der Waals surface area (Å²) < 4.78 is 6.02. The molecule has 1 heterocycles. The summed E-state index contributed by atoms with van der Waals surface area (Å²) >= 11 is 6.61. The Balaban J connectivity index is 2.46. The molecule has 0 N–H and O–H groups in total. The molecule has 0 aliphatic rings. The van der Waals surface area contributed by atoms with Crippen molar-refractivity contribution >= 4 is 31.9 Å². The molecule has 1 aromatic carbocycles. The van der Waals surface area contributed by atoms with Gasteiger partial charge in [-0.15, -0.1) is 0 Å². The number of nitrogens with zero attached hydrogens (tertiary/aromatic N) is 1. The molecule has 16 heavy (non-hydrogen) atoms. The minimum absolute atomic E-state index is 0.540. The SMILES string of the molecule is N#Cc1cc(Br)oc1-c1ccc(CBr)cc1. The van der Waals surface area contributed by atoms with Crippen LogP contribution in [0.4, 0.5) is 0 Å². The van der Waals surface area contributed by atoms with Crippen LogP contribution in [0.25, 0.3) is 11.3 Å². The van der Waals surface area contributed by atoms with Crippen LogP contribution >= 0.6 is 31.9 Å². The highest BCUT2D eigenvalue weighted by Gasteiger charge is 2.11. The first-order chi connectivity index (χ1) is 7.74. The maximum absolute atomic E-state index is 8.96. The smallest absolute Gasteiger partial charge is 0.171 e. The second-order valence-electron chi connectivity index (χ2n) is 3.24. The number of rotatable bonds is 2. The molecule has 0 unspecified atom stereocenters. The van der Waals surface area contributed by atoms with Gasteiger partial charge in [-0.2, -0.15) is 5.26 Å². The Morgan fingerprint density at radius 1 is 1.25 bits per heavy atom. The summed E-state index contributed by atoms with van der Waals surface area (Å²) in [5.74, 6) is 0.607. The summed E-state index contributed by atoms with van der Waals surface area (Å²) in [6.45, 7) is 0. The highest BCUT2D eigenvalue weighted by molar-refractivity contribution is 9.10. The molecular weight excluding hydrogens is 334 g/mol. The van der Waals surface area contributed by atoms with Crippen LogP contribution < -0.4 is 0 Å². The van der Waals surface area contributed by atoms with Gasteiger partial charge in [0.25, 0.3) is 0 Å². The highest BCUT2D eigenvalue weighted by Crippen LogP contribution is 2.29. The lowest BCUT2D eigenvalue weighted by Gasteiger charge is -1.99. The van der Waals surface area contributed by atoms with Crippen molar-refractivity contribution < 1.29 is 4.42 Å². The fourth-order valence-electron chi connectivity index (χ4n) is 1.40. The topological polar surface area (TPSA) is 36.9 Å². The van der Waals surface area contributed by atoms with E-state index in [2.05, 4.69) is 37.9 Å². The summed E-state index contributed by atoms with van der Waals surface area (Å²) in [6.07, 6.45) is 0. The third kappa shape index (κ3) is 2.21. The van der Waals surface area contributed by atoms with E-state index >= 15 is 0 Å². The van der Waals surface area contributed by atoms with E-state index in [4.69, 9.17) is 9.68 Å². The lowest BCUT2D eigenvalue weighted by molar-refractivity contribution is 0.555. The number of alkyl halides is 1. The molecule has 0 aliphatic carbocycles. The number of hydrogen-bond acceptors (Lipinski definition) is 2. The van der Waals surface area contributed by atoms with Crippen molar-refractivity contribution in [3.8, 4) is 17.4 Å². The van der Waals surface area contributed by atoms with E-state index in [1.165, 1.54) is 5.56 Å². The summed E-state index contributed by atoms with van der Waals surface area (Å²) in [5, 5.41) is 9.78. The Kier molecular flexibility index (Phi) is 3.47. The predicted octanol–water partition coefficient (Wildman–Crippen LogP) is 4.48. The molecule has 2 nitrogen and oxygen atoms in total. The molecule has 2 rings (SSSR count). The lowest BCUT2D eigenvalue weighted by atomic mass is 10.1. The van der Waals surface area contributed by atoms with Gasteiger partial charge in [0.15, 0.2) is 10.4 Å². The van der Waals surface area contributed by atoms with Gasteiger partial charge >= 0.3 is 0 Å². The molecule has 0 atom stereocenters. The molecule has 0 saturated heterocycles. The van der Waals surface area contributed by atoms with Gasteiger partial charge in [-0.05, 0) is 21.5 Å². The second kappa shape index (κ2) is 4.86. The Labute approximate surface area is 110 Å². The summed E-state index contributed by atoms with van der Waals surface area (Å²) in [6, 6.07) is 11.7. The Morgan fingerprint density at radius 2 is 1.94 bits per heavy atom. The van der Waals surface area contributed by atoms with Crippen LogP contribution in [0.2, 0.25) is 0 Å². The zero-order valence-electron chi connectivity index (χ0n) is 8.21. The Morgan fingerprint density at radius 3 is 2.50 bits per heavy atom. The predicted molar refractivity (Wildman–Crippen MR) is 69.2 cm³/mol. The second-order valence-corrected chi connectivity index (χ2v) is 4.58. The van der Waals surface area contributed by atoms with Crippen LogP contribution in [0, 0.1) is 11.3 Å². The molecule has 0 spiro atoms. The largest absolute Gasteiger partial charge is 0.448 e. The van der Waals surface area contributed by atoms with Gasteiger partial charge in [0, 0.05) is 17.0 Å². The van der Waals surface area contributed by atoms with Gasteiger partial charge in [-0.25, -0.2) is 0 Å². The van der Waals surface area contributed by atoms with Gasteiger partial charge in [0.1, 0.15) is 6.07 Å². The molecular formula is C12H7Br2NO. The van der Waals surface area contributed by atoms with Crippen molar-refractivity contribution in [3.63, 3.8) is 0 Å². The van der Waals surface area contributed by atoms with E-state index in [1.54, 1.807) is 6.07 Å². The van der Waals surface area contributed by atoms with Crippen molar-refractivity contribution in [1.29, 1.82) is 5.26 Å². The first kappa shape index (κ1) is 11.4. The van der Waals surface area contributed by atoms with Crippen molar-refractivity contribution in [3.05, 3.63) is 46.1 Å².